The van der Waals surface area contributed by atoms with Gasteiger partial charge in [0.15, 0.2) is 5.82 Å². The number of aryl methyl sites for hydroxylation is 1. The minimum Gasteiger partial charge on any atom is -0.307 e. The van der Waals surface area contributed by atoms with Gasteiger partial charge in [-0.05, 0) is 44.2 Å². The molecule has 2 heterocycles. The minimum atomic E-state index is 0.529. The Balaban J connectivity index is 1.50. The lowest BCUT2D eigenvalue weighted by molar-refractivity contribution is 0.436. The van der Waals surface area contributed by atoms with Gasteiger partial charge in [0, 0.05) is 34.9 Å². The lowest BCUT2D eigenvalue weighted by Gasteiger charge is -2.22. The molecule has 144 valence electrons. The second-order valence-electron chi connectivity index (χ2n) is 8.26. The highest BCUT2D eigenvalue weighted by Gasteiger charge is 2.26. The van der Waals surface area contributed by atoms with E-state index in [9.17, 15) is 0 Å². The number of hydrogen-bond acceptors (Lipinski definition) is 4. The van der Waals surface area contributed by atoms with E-state index < -0.39 is 0 Å². The number of aromatic nitrogens is 4. The van der Waals surface area contributed by atoms with Gasteiger partial charge in [-0.1, -0.05) is 43.5 Å². The van der Waals surface area contributed by atoms with E-state index >= 15 is 0 Å². The smallest absolute Gasteiger partial charge is 0.229 e. The maximum absolute atomic E-state index is 4.90. The first kappa shape index (κ1) is 17.4. The van der Waals surface area contributed by atoms with Gasteiger partial charge in [0.05, 0.1) is 5.69 Å². The molecule has 5 rings (SSSR count). The van der Waals surface area contributed by atoms with Crippen molar-refractivity contribution in [1.29, 1.82) is 0 Å². The molecule has 28 heavy (non-hydrogen) atoms. The number of nitrogens with one attached hydrogen (secondary N) is 2. The highest BCUT2D eigenvalue weighted by molar-refractivity contribution is 5.65. The molecule has 0 saturated heterocycles. The molecule has 0 bridgehead atoms. The summed E-state index contributed by atoms with van der Waals surface area (Å²) >= 11 is 0. The van der Waals surface area contributed by atoms with Crippen LogP contribution in [0.15, 0.2) is 36.4 Å². The summed E-state index contributed by atoms with van der Waals surface area (Å²) in [7, 11) is 0. The van der Waals surface area contributed by atoms with Gasteiger partial charge in [-0.3, -0.25) is 5.10 Å². The largest absolute Gasteiger partial charge is 0.307 e. The predicted molar refractivity (Wildman–Crippen MR) is 112 cm³/mol. The second-order valence-corrected chi connectivity index (χ2v) is 8.26. The van der Waals surface area contributed by atoms with Crippen LogP contribution in [-0.2, 0) is 0 Å². The Bertz CT molecular complexity index is 967. The van der Waals surface area contributed by atoms with Crippen molar-refractivity contribution in [2.75, 3.05) is 5.32 Å². The Hall–Kier alpha value is -2.69. The molecule has 2 fully saturated rings. The quantitative estimate of drug-likeness (QED) is 0.589. The third kappa shape index (κ3) is 3.66. The predicted octanol–water partition coefficient (Wildman–Crippen LogP) is 5.84. The first-order valence-electron chi connectivity index (χ1n) is 10.5. The van der Waals surface area contributed by atoms with Crippen LogP contribution in [0.3, 0.4) is 0 Å². The second kappa shape index (κ2) is 7.38. The maximum atomic E-state index is 4.90. The number of anilines is 2. The fourth-order valence-corrected chi connectivity index (χ4v) is 4.25. The Kier molecular flexibility index (Phi) is 4.59. The van der Waals surface area contributed by atoms with Crippen molar-refractivity contribution in [1.82, 2.24) is 20.2 Å². The lowest BCUT2D eigenvalue weighted by atomic mass is 9.86. The summed E-state index contributed by atoms with van der Waals surface area (Å²) in [5.41, 5.74) is 5.77. The maximum Gasteiger partial charge on any atom is 0.229 e. The van der Waals surface area contributed by atoms with Crippen molar-refractivity contribution in [2.45, 2.75) is 63.7 Å². The van der Waals surface area contributed by atoms with Crippen LogP contribution in [-0.4, -0.2) is 20.2 Å². The average Bonchev–Trinajstić information content (AvgIpc) is 3.48. The van der Waals surface area contributed by atoms with Gasteiger partial charge in [0.2, 0.25) is 5.95 Å². The van der Waals surface area contributed by atoms with Crippen molar-refractivity contribution in [3.05, 3.63) is 53.3 Å². The summed E-state index contributed by atoms with van der Waals surface area (Å²) in [6.07, 6.45) is 8.88. The topological polar surface area (TPSA) is 66.5 Å². The first-order valence-corrected chi connectivity index (χ1v) is 10.5. The average molecular weight is 374 g/mol. The first-order chi connectivity index (χ1) is 13.8. The lowest BCUT2D eigenvalue weighted by Crippen LogP contribution is -2.09. The van der Waals surface area contributed by atoms with E-state index in [1.165, 1.54) is 61.8 Å². The third-order valence-electron chi connectivity index (χ3n) is 6.05. The molecule has 2 aliphatic carbocycles. The summed E-state index contributed by atoms with van der Waals surface area (Å²) in [6.45, 7) is 2.14. The zero-order valence-corrected chi connectivity index (χ0v) is 16.4. The van der Waals surface area contributed by atoms with Crippen LogP contribution < -0.4 is 5.32 Å². The molecule has 2 aromatic heterocycles. The Labute approximate surface area is 166 Å². The van der Waals surface area contributed by atoms with Crippen molar-refractivity contribution in [3.63, 3.8) is 0 Å². The molecule has 2 saturated carbocycles. The standard InChI is InChI=1S/C23H27N5/c1-15-7-5-6-10-18(15)21-13-19(16-8-3-2-4-9-16)24-23(25-21)26-22-14-20(27-28-22)17-11-12-17/h5-7,10,13-14,16-17H,2-4,8-9,11-12H2,1H3,(H2,24,25,26,27,28). The van der Waals surface area contributed by atoms with Gasteiger partial charge in [-0.25, -0.2) is 9.97 Å². The van der Waals surface area contributed by atoms with E-state index in [1.807, 2.05) is 0 Å². The SMILES string of the molecule is Cc1ccccc1-c1cc(C2CCCCC2)nc(Nc2cc(C3CC3)[nH]n2)n1. The van der Waals surface area contributed by atoms with Gasteiger partial charge in [0.1, 0.15) is 0 Å². The zero-order valence-electron chi connectivity index (χ0n) is 16.4. The molecule has 0 radical (unpaired) electrons. The van der Waals surface area contributed by atoms with Crippen molar-refractivity contribution in [3.8, 4) is 11.3 Å². The Morgan fingerprint density at radius 3 is 2.54 bits per heavy atom. The van der Waals surface area contributed by atoms with E-state index in [0.717, 1.165) is 17.2 Å². The molecular weight excluding hydrogens is 346 g/mol. The molecule has 0 unspecified atom stereocenters. The van der Waals surface area contributed by atoms with Crippen LogP contribution in [0.4, 0.5) is 11.8 Å². The van der Waals surface area contributed by atoms with Gasteiger partial charge in [-0.15, -0.1) is 0 Å². The van der Waals surface area contributed by atoms with E-state index in [4.69, 9.17) is 9.97 Å². The van der Waals surface area contributed by atoms with Crippen molar-refractivity contribution < 1.29 is 0 Å². The van der Waals surface area contributed by atoms with E-state index in [2.05, 4.69) is 58.8 Å². The number of nitrogens with zero attached hydrogens (tertiary/aromatic N) is 3. The van der Waals surface area contributed by atoms with Gasteiger partial charge in [-0.2, -0.15) is 5.10 Å². The normalized spacial score (nSPS) is 17.6. The highest BCUT2D eigenvalue weighted by atomic mass is 15.2. The summed E-state index contributed by atoms with van der Waals surface area (Å²) in [5.74, 6) is 2.63. The van der Waals surface area contributed by atoms with Crippen LogP contribution >= 0.6 is 0 Å². The third-order valence-corrected chi connectivity index (χ3v) is 6.05. The fraction of sp³-hybridized carbons (Fsp3) is 0.435. The Morgan fingerprint density at radius 2 is 1.75 bits per heavy atom. The van der Waals surface area contributed by atoms with Gasteiger partial charge in [0.25, 0.3) is 0 Å². The number of rotatable bonds is 5. The molecule has 2 N–H and O–H groups in total. The molecule has 0 spiro atoms. The number of benzene rings is 1. The molecule has 5 heteroatoms. The molecule has 0 amide bonds. The number of aromatic amines is 1. The van der Waals surface area contributed by atoms with Crippen molar-refractivity contribution in [2.24, 2.45) is 0 Å². The van der Waals surface area contributed by atoms with Crippen LogP contribution in [0, 0.1) is 6.92 Å². The fourth-order valence-electron chi connectivity index (χ4n) is 4.25. The molecule has 1 aromatic carbocycles. The molecule has 5 nitrogen and oxygen atoms in total. The van der Waals surface area contributed by atoms with Crippen molar-refractivity contribution >= 4 is 11.8 Å². The summed E-state index contributed by atoms with van der Waals surface area (Å²) in [6, 6.07) is 12.7. The van der Waals surface area contributed by atoms with Gasteiger partial charge >= 0.3 is 0 Å². The van der Waals surface area contributed by atoms with Crippen LogP contribution in [0.2, 0.25) is 0 Å². The van der Waals surface area contributed by atoms with Crippen LogP contribution in [0.25, 0.3) is 11.3 Å². The zero-order chi connectivity index (χ0) is 18.9. The monoisotopic (exact) mass is 373 g/mol. The summed E-state index contributed by atoms with van der Waals surface area (Å²) < 4.78 is 0. The molecular formula is C23H27N5. The van der Waals surface area contributed by atoms with E-state index in [0.29, 0.717) is 17.8 Å². The Morgan fingerprint density at radius 1 is 0.929 bits per heavy atom. The number of H-pyrrole nitrogens is 1. The molecule has 3 aromatic rings. The number of hydrogen-bond donors (Lipinski definition) is 2. The van der Waals surface area contributed by atoms with Gasteiger partial charge < -0.3 is 5.32 Å². The van der Waals surface area contributed by atoms with E-state index in [1.54, 1.807) is 0 Å². The molecule has 2 aliphatic rings. The van der Waals surface area contributed by atoms with Crippen LogP contribution in [0.1, 0.15) is 73.7 Å². The molecule has 0 aliphatic heterocycles. The minimum absolute atomic E-state index is 0.529. The molecule has 0 atom stereocenters. The highest BCUT2D eigenvalue weighted by Crippen LogP contribution is 2.40. The summed E-state index contributed by atoms with van der Waals surface area (Å²) in [4.78, 5) is 9.75. The van der Waals surface area contributed by atoms with E-state index in [-0.39, 0.29) is 0 Å². The summed E-state index contributed by atoms with van der Waals surface area (Å²) in [5, 5.41) is 10.9. The van der Waals surface area contributed by atoms with Crippen LogP contribution in [0.5, 0.6) is 0 Å².